The van der Waals surface area contributed by atoms with Gasteiger partial charge in [0.05, 0.1) is 0 Å². The van der Waals surface area contributed by atoms with Crippen molar-refractivity contribution in [3.8, 4) is 11.3 Å². The Balaban J connectivity index is 1.76. The van der Waals surface area contributed by atoms with Crippen molar-refractivity contribution in [1.82, 2.24) is 9.38 Å². The maximum absolute atomic E-state index is 13.8. The molecule has 2 aromatic carbocycles. The molecule has 3 aromatic heterocycles. The van der Waals surface area contributed by atoms with E-state index in [4.69, 9.17) is 9.40 Å². The Labute approximate surface area is 163 Å². The number of imidazole rings is 1. The first-order valence-electron chi connectivity index (χ1n) is 8.63. The minimum absolute atomic E-state index is 0.353. The highest BCUT2D eigenvalue weighted by atomic mass is 32.2. The molecule has 0 aliphatic rings. The Morgan fingerprint density at radius 1 is 0.964 bits per heavy atom. The van der Waals surface area contributed by atoms with E-state index in [9.17, 15) is 9.18 Å². The van der Waals surface area contributed by atoms with Crippen LogP contribution in [0.5, 0.6) is 0 Å². The van der Waals surface area contributed by atoms with Crippen LogP contribution in [0.3, 0.4) is 0 Å². The van der Waals surface area contributed by atoms with Gasteiger partial charge in [0.1, 0.15) is 27.8 Å². The summed E-state index contributed by atoms with van der Waals surface area (Å²) in [6.07, 6.45) is 1.92. The molecule has 136 valence electrons. The number of halogens is 1. The third kappa shape index (κ3) is 2.88. The average molecular weight is 388 g/mol. The predicted molar refractivity (Wildman–Crippen MR) is 107 cm³/mol. The van der Waals surface area contributed by atoms with E-state index >= 15 is 0 Å². The lowest BCUT2D eigenvalue weighted by Gasteiger charge is -2.07. The lowest BCUT2D eigenvalue weighted by Crippen LogP contribution is -1.98. The molecule has 6 heteroatoms. The van der Waals surface area contributed by atoms with Crippen molar-refractivity contribution in [3.63, 3.8) is 0 Å². The first-order valence-corrected chi connectivity index (χ1v) is 9.44. The molecule has 4 nitrogen and oxygen atoms in total. The van der Waals surface area contributed by atoms with Crippen molar-refractivity contribution in [2.45, 2.75) is 9.92 Å². The molecule has 0 N–H and O–H groups in total. The van der Waals surface area contributed by atoms with E-state index in [1.54, 1.807) is 0 Å². The maximum Gasteiger partial charge on any atom is 0.337 e. The molecule has 5 rings (SSSR count). The van der Waals surface area contributed by atoms with Crippen molar-refractivity contribution in [2.24, 2.45) is 0 Å². The standard InChI is InChI=1S/C22H13FN2O2S/c23-15-9-10-17-16(12-15)18(13-20(26)27-17)28-22-21(14-6-2-1-3-7-14)24-19-8-4-5-11-25(19)22/h1-13H. The Bertz CT molecular complexity index is 1380. The third-order valence-corrected chi connectivity index (χ3v) is 5.55. The van der Waals surface area contributed by atoms with E-state index in [0.29, 0.717) is 15.9 Å². The Morgan fingerprint density at radius 2 is 1.79 bits per heavy atom. The van der Waals surface area contributed by atoms with Crippen molar-refractivity contribution in [3.05, 3.63) is 95.2 Å². The minimum Gasteiger partial charge on any atom is -0.423 e. The highest BCUT2D eigenvalue weighted by Gasteiger charge is 2.17. The van der Waals surface area contributed by atoms with Crippen molar-refractivity contribution < 1.29 is 8.81 Å². The van der Waals surface area contributed by atoms with Crippen LogP contribution in [0.25, 0.3) is 27.9 Å². The molecule has 0 amide bonds. The largest absolute Gasteiger partial charge is 0.423 e. The predicted octanol–water partition coefficient (Wildman–Crippen LogP) is 5.40. The van der Waals surface area contributed by atoms with E-state index in [1.165, 1.54) is 36.0 Å². The summed E-state index contributed by atoms with van der Waals surface area (Å²) in [6, 6.07) is 21.1. The zero-order valence-corrected chi connectivity index (χ0v) is 15.3. The molecule has 28 heavy (non-hydrogen) atoms. The van der Waals surface area contributed by atoms with Gasteiger partial charge < -0.3 is 4.42 Å². The third-order valence-electron chi connectivity index (χ3n) is 4.41. The van der Waals surface area contributed by atoms with E-state index in [0.717, 1.165) is 21.9 Å². The summed E-state index contributed by atoms with van der Waals surface area (Å²) in [5, 5.41) is 1.40. The van der Waals surface area contributed by atoms with E-state index in [-0.39, 0.29) is 5.82 Å². The Kier molecular flexibility index (Phi) is 3.98. The van der Waals surface area contributed by atoms with Gasteiger partial charge in [-0.1, -0.05) is 48.2 Å². The van der Waals surface area contributed by atoms with Crippen molar-refractivity contribution in [1.29, 1.82) is 0 Å². The van der Waals surface area contributed by atoms with E-state index in [2.05, 4.69) is 0 Å². The molecule has 0 saturated heterocycles. The zero-order chi connectivity index (χ0) is 19.1. The van der Waals surface area contributed by atoms with E-state index < -0.39 is 5.63 Å². The summed E-state index contributed by atoms with van der Waals surface area (Å²) in [7, 11) is 0. The summed E-state index contributed by atoms with van der Waals surface area (Å²) in [4.78, 5) is 17.4. The van der Waals surface area contributed by atoms with Gasteiger partial charge >= 0.3 is 5.63 Å². The normalized spacial score (nSPS) is 11.3. The molecule has 0 bridgehead atoms. The molecule has 0 fully saturated rings. The fourth-order valence-corrected chi connectivity index (χ4v) is 4.30. The SMILES string of the molecule is O=c1cc(Sc2c(-c3ccccc3)nc3ccccn23)c2cc(F)ccc2o1. The van der Waals surface area contributed by atoms with Gasteiger partial charge in [0.2, 0.25) is 0 Å². The van der Waals surface area contributed by atoms with Crippen LogP contribution >= 0.6 is 11.8 Å². The van der Waals surface area contributed by atoms with Gasteiger partial charge in [-0.05, 0) is 30.3 Å². The number of fused-ring (bicyclic) bond motifs is 2. The second-order valence-corrected chi connectivity index (χ2v) is 7.26. The number of benzene rings is 2. The van der Waals surface area contributed by atoms with Crippen molar-refractivity contribution in [2.75, 3.05) is 0 Å². The smallest absolute Gasteiger partial charge is 0.337 e. The Hall–Kier alpha value is -3.38. The first kappa shape index (κ1) is 16.8. The lowest BCUT2D eigenvalue weighted by molar-refractivity contribution is 0.555. The number of pyridine rings is 1. The molecular formula is C22H13FN2O2S. The van der Waals surface area contributed by atoms with Gasteiger partial charge in [-0.25, -0.2) is 14.2 Å². The topological polar surface area (TPSA) is 47.5 Å². The second-order valence-electron chi connectivity index (χ2n) is 6.23. The summed E-state index contributed by atoms with van der Waals surface area (Å²) >= 11 is 1.37. The zero-order valence-electron chi connectivity index (χ0n) is 14.5. The van der Waals surface area contributed by atoms with Crippen LogP contribution in [0.15, 0.2) is 98.1 Å². The second kappa shape index (κ2) is 6.65. The molecule has 0 atom stereocenters. The first-order chi connectivity index (χ1) is 13.7. The molecule has 0 aliphatic heterocycles. The molecule has 0 spiro atoms. The van der Waals surface area contributed by atoms with Gasteiger partial charge in [0.25, 0.3) is 0 Å². The molecule has 0 unspecified atom stereocenters. The van der Waals surface area contributed by atoms with Crippen LogP contribution in [0.2, 0.25) is 0 Å². The quantitative estimate of drug-likeness (QED) is 0.388. The molecular weight excluding hydrogens is 375 g/mol. The number of aromatic nitrogens is 2. The average Bonchev–Trinajstić information content (AvgIpc) is 3.08. The van der Waals surface area contributed by atoms with Crippen LogP contribution in [-0.4, -0.2) is 9.38 Å². The highest BCUT2D eigenvalue weighted by Crippen LogP contribution is 2.38. The monoisotopic (exact) mass is 388 g/mol. The maximum atomic E-state index is 13.8. The number of hydrogen-bond donors (Lipinski definition) is 0. The molecule has 0 radical (unpaired) electrons. The number of nitrogens with zero attached hydrogens (tertiary/aromatic N) is 2. The fraction of sp³-hybridized carbons (Fsp3) is 0. The van der Waals surface area contributed by atoms with Crippen LogP contribution in [0, 0.1) is 5.82 Å². The van der Waals surface area contributed by atoms with Crippen LogP contribution in [-0.2, 0) is 0 Å². The van der Waals surface area contributed by atoms with Gasteiger partial charge in [0, 0.05) is 28.1 Å². The lowest BCUT2D eigenvalue weighted by atomic mass is 10.2. The summed E-state index contributed by atoms with van der Waals surface area (Å²) in [5.41, 5.74) is 2.44. The Morgan fingerprint density at radius 3 is 2.64 bits per heavy atom. The minimum atomic E-state index is -0.475. The fourth-order valence-electron chi connectivity index (χ4n) is 3.15. The van der Waals surface area contributed by atoms with Crippen molar-refractivity contribution >= 4 is 28.4 Å². The van der Waals surface area contributed by atoms with Gasteiger partial charge in [0.15, 0.2) is 0 Å². The van der Waals surface area contributed by atoms with Crippen LogP contribution in [0.4, 0.5) is 4.39 Å². The summed E-state index contributed by atoms with van der Waals surface area (Å²) < 4.78 is 21.0. The van der Waals surface area contributed by atoms with Gasteiger partial charge in [-0.2, -0.15) is 0 Å². The number of hydrogen-bond acceptors (Lipinski definition) is 4. The van der Waals surface area contributed by atoms with E-state index in [1.807, 2.05) is 59.1 Å². The van der Waals surface area contributed by atoms with Gasteiger partial charge in [-0.3, -0.25) is 4.40 Å². The molecule has 0 saturated carbocycles. The molecule has 3 heterocycles. The van der Waals surface area contributed by atoms with Crippen LogP contribution in [0.1, 0.15) is 0 Å². The summed E-state index contributed by atoms with van der Waals surface area (Å²) in [6.45, 7) is 0. The molecule has 5 aromatic rings. The molecule has 0 aliphatic carbocycles. The highest BCUT2D eigenvalue weighted by molar-refractivity contribution is 7.99. The van der Waals surface area contributed by atoms with Gasteiger partial charge in [-0.15, -0.1) is 0 Å². The number of rotatable bonds is 3. The summed E-state index contributed by atoms with van der Waals surface area (Å²) in [5.74, 6) is -0.385. The van der Waals surface area contributed by atoms with Crippen LogP contribution < -0.4 is 5.63 Å².